The Morgan fingerprint density at radius 3 is 1.94 bits per heavy atom. The van der Waals surface area contributed by atoms with Gasteiger partial charge in [-0.25, -0.2) is 4.79 Å². The van der Waals surface area contributed by atoms with Gasteiger partial charge in [-0.05, 0) is 47.9 Å². The third-order valence-corrected chi connectivity index (χ3v) is 5.37. The van der Waals surface area contributed by atoms with E-state index < -0.39 is 29.6 Å². The summed E-state index contributed by atoms with van der Waals surface area (Å²) < 4.78 is 46.0. The van der Waals surface area contributed by atoms with Gasteiger partial charge in [0.05, 0.1) is 6.61 Å². The van der Waals surface area contributed by atoms with Crippen molar-refractivity contribution in [3.8, 4) is 0 Å². The van der Waals surface area contributed by atoms with E-state index in [1.165, 1.54) is 31.2 Å². The van der Waals surface area contributed by atoms with E-state index in [9.17, 15) is 23.1 Å². The van der Waals surface area contributed by atoms with E-state index in [4.69, 9.17) is 23.2 Å². The first-order valence-electron chi connectivity index (χ1n) is 9.50. The summed E-state index contributed by atoms with van der Waals surface area (Å²) in [7, 11) is 0. The van der Waals surface area contributed by atoms with E-state index in [1.807, 2.05) is 13.8 Å². The number of hydrogen-bond acceptors (Lipinski definition) is 3. The topological polar surface area (TPSA) is 46.5 Å². The Morgan fingerprint density at radius 1 is 1.00 bits per heavy atom. The van der Waals surface area contributed by atoms with Crippen molar-refractivity contribution in [1.29, 1.82) is 0 Å². The van der Waals surface area contributed by atoms with Crippen LogP contribution in [0.4, 0.5) is 13.2 Å². The predicted octanol–water partition coefficient (Wildman–Crippen LogP) is 6.60. The van der Waals surface area contributed by atoms with Gasteiger partial charge in [-0.15, -0.1) is 0 Å². The number of esters is 1. The lowest BCUT2D eigenvalue weighted by atomic mass is 9.79. The number of carbonyl (C=O) groups excluding carboxylic acids is 1. The molecule has 1 atom stereocenters. The molecule has 0 heterocycles. The van der Waals surface area contributed by atoms with Crippen molar-refractivity contribution in [2.75, 3.05) is 6.61 Å². The lowest BCUT2D eigenvalue weighted by Crippen LogP contribution is -2.53. The lowest BCUT2D eigenvalue weighted by molar-refractivity contribution is -0.260. The molecule has 0 unspecified atom stereocenters. The summed E-state index contributed by atoms with van der Waals surface area (Å²) in [6, 6.07) is 13.0. The summed E-state index contributed by atoms with van der Waals surface area (Å²) in [5.41, 5.74) is -3.16. The molecule has 0 bridgehead atoms. The maximum absolute atomic E-state index is 13.8. The number of alkyl halides is 3. The second kappa shape index (κ2) is 9.63. The normalized spacial score (nSPS) is 14.8. The Balaban J connectivity index is 2.62. The first-order valence-corrected chi connectivity index (χ1v) is 10.3. The molecule has 0 amide bonds. The predicted molar refractivity (Wildman–Crippen MR) is 116 cm³/mol. The molecule has 168 valence electrons. The Morgan fingerprint density at radius 2 is 1.48 bits per heavy atom. The zero-order chi connectivity index (χ0) is 23.4. The molecule has 0 spiro atoms. The standard InChI is InChI=1S/C23H23Cl2F3O3/c1-4-31-20(29)22(30,23(26,27)28)14-16(15-5-9-18(24)10-6-15)13-21(2,3)17-7-11-19(25)12-8-17/h5-13,30H,4,14H2,1-3H3/b16-13-/t22-/m0/s1. The van der Waals surface area contributed by atoms with Crippen molar-refractivity contribution >= 4 is 34.7 Å². The number of allylic oxidation sites excluding steroid dienone is 1. The van der Waals surface area contributed by atoms with Crippen LogP contribution in [-0.4, -0.2) is 29.5 Å². The number of ether oxygens (including phenoxy) is 1. The van der Waals surface area contributed by atoms with Gasteiger partial charge in [0, 0.05) is 21.9 Å². The number of carbonyl (C=O) groups is 1. The first kappa shape index (κ1) is 25.2. The maximum Gasteiger partial charge on any atom is 0.428 e. The highest BCUT2D eigenvalue weighted by Gasteiger charge is 2.61. The number of hydrogen-bond donors (Lipinski definition) is 1. The highest BCUT2D eigenvalue weighted by molar-refractivity contribution is 6.30. The van der Waals surface area contributed by atoms with Gasteiger partial charge in [0.1, 0.15) is 0 Å². The fourth-order valence-corrected chi connectivity index (χ4v) is 3.36. The van der Waals surface area contributed by atoms with Crippen molar-refractivity contribution in [2.24, 2.45) is 0 Å². The molecule has 2 aromatic rings. The summed E-state index contributed by atoms with van der Waals surface area (Å²) in [5, 5.41) is 11.4. The van der Waals surface area contributed by atoms with Crippen LogP contribution in [0.2, 0.25) is 10.0 Å². The fraction of sp³-hybridized carbons (Fsp3) is 0.348. The van der Waals surface area contributed by atoms with E-state index in [2.05, 4.69) is 4.74 Å². The van der Waals surface area contributed by atoms with Gasteiger partial charge in [-0.2, -0.15) is 13.2 Å². The van der Waals surface area contributed by atoms with Crippen molar-refractivity contribution in [3.05, 3.63) is 75.8 Å². The van der Waals surface area contributed by atoms with Gasteiger partial charge in [-0.3, -0.25) is 0 Å². The van der Waals surface area contributed by atoms with Crippen LogP contribution >= 0.6 is 23.2 Å². The van der Waals surface area contributed by atoms with Crippen molar-refractivity contribution in [3.63, 3.8) is 0 Å². The van der Waals surface area contributed by atoms with Gasteiger partial charge in [-0.1, -0.05) is 67.4 Å². The summed E-state index contributed by atoms with van der Waals surface area (Å²) in [5.74, 6) is -1.74. The molecule has 0 aromatic heterocycles. The maximum atomic E-state index is 13.8. The number of benzene rings is 2. The summed E-state index contributed by atoms with van der Waals surface area (Å²) in [4.78, 5) is 12.2. The van der Waals surface area contributed by atoms with Gasteiger partial charge >= 0.3 is 12.1 Å². The zero-order valence-electron chi connectivity index (χ0n) is 17.3. The molecule has 3 nitrogen and oxygen atoms in total. The minimum Gasteiger partial charge on any atom is -0.464 e. The van der Waals surface area contributed by atoms with Crippen LogP contribution in [0.5, 0.6) is 0 Å². The molecule has 0 radical (unpaired) electrons. The first-order chi connectivity index (χ1) is 14.3. The minimum atomic E-state index is -5.24. The van der Waals surface area contributed by atoms with Gasteiger partial charge in [0.15, 0.2) is 0 Å². The van der Waals surface area contributed by atoms with Gasteiger partial charge in [0.2, 0.25) is 0 Å². The Hall–Kier alpha value is -2.02. The van der Waals surface area contributed by atoms with Crippen LogP contribution in [0.1, 0.15) is 38.3 Å². The molecule has 2 rings (SSSR count). The lowest BCUT2D eigenvalue weighted by Gasteiger charge is -2.31. The van der Waals surface area contributed by atoms with E-state index in [-0.39, 0.29) is 12.2 Å². The molecule has 2 aromatic carbocycles. The number of rotatable bonds is 7. The molecule has 0 aliphatic heterocycles. The monoisotopic (exact) mass is 474 g/mol. The Bertz CT molecular complexity index is 936. The summed E-state index contributed by atoms with van der Waals surface area (Å²) in [6.45, 7) is 4.69. The van der Waals surface area contributed by atoms with E-state index in [1.54, 1.807) is 30.3 Å². The molecule has 31 heavy (non-hydrogen) atoms. The molecular formula is C23H23Cl2F3O3. The molecular weight excluding hydrogens is 452 g/mol. The minimum absolute atomic E-state index is 0.115. The van der Waals surface area contributed by atoms with Gasteiger partial charge in [0.25, 0.3) is 5.60 Å². The molecule has 0 saturated carbocycles. The summed E-state index contributed by atoms with van der Waals surface area (Å²) >= 11 is 11.9. The van der Waals surface area contributed by atoms with E-state index >= 15 is 0 Å². The molecule has 8 heteroatoms. The number of halogens is 5. The molecule has 0 aliphatic rings. The average molecular weight is 475 g/mol. The Kier molecular flexibility index (Phi) is 7.84. The molecule has 1 N–H and O–H groups in total. The Labute approximate surface area is 189 Å². The van der Waals surface area contributed by atoms with Crippen LogP contribution in [0.3, 0.4) is 0 Å². The van der Waals surface area contributed by atoms with Crippen LogP contribution < -0.4 is 0 Å². The molecule has 0 aliphatic carbocycles. The van der Waals surface area contributed by atoms with Crippen molar-refractivity contribution in [2.45, 2.75) is 44.4 Å². The van der Waals surface area contributed by atoms with Crippen LogP contribution in [0.15, 0.2) is 54.6 Å². The quantitative estimate of drug-likeness (QED) is 0.459. The SMILES string of the molecule is CCOC(=O)[C@@](O)(C/C(=C/C(C)(C)c1ccc(Cl)cc1)c1ccc(Cl)cc1)C(F)(F)F. The van der Waals surface area contributed by atoms with E-state index in [0.29, 0.717) is 15.6 Å². The third kappa shape index (κ3) is 6.03. The largest absolute Gasteiger partial charge is 0.464 e. The average Bonchev–Trinajstić information content (AvgIpc) is 2.67. The van der Waals surface area contributed by atoms with Crippen LogP contribution in [0.25, 0.3) is 5.57 Å². The highest BCUT2D eigenvalue weighted by Crippen LogP contribution is 2.41. The highest BCUT2D eigenvalue weighted by atomic mass is 35.5. The molecule has 0 saturated heterocycles. The van der Waals surface area contributed by atoms with Crippen LogP contribution in [0, 0.1) is 0 Å². The van der Waals surface area contributed by atoms with E-state index in [0.717, 1.165) is 5.56 Å². The third-order valence-electron chi connectivity index (χ3n) is 4.87. The van der Waals surface area contributed by atoms with Crippen molar-refractivity contribution < 1.29 is 27.8 Å². The fourth-order valence-electron chi connectivity index (χ4n) is 3.11. The van der Waals surface area contributed by atoms with Gasteiger partial charge < -0.3 is 9.84 Å². The second-order valence-corrected chi connectivity index (χ2v) is 8.53. The smallest absolute Gasteiger partial charge is 0.428 e. The second-order valence-electron chi connectivity index (χ2n) is 7.66. The van der Waals surface area contributed by atoms with Crippen molar-refractivity contribution in [1.82, 2.24) is 0 Å². The zero-order valence-corrected chi connectivity index (χ0v) is 18.8. The number of aliphatic hydroxyl groups is 1. The van der Waals surface area contributed by atoms with Crippen LogP contribution in [-0.2, 0) is 14.9 Å². The summed E-state index contributed by atoms with van der Waals surface area (Å²) in [6.07, 6.45) is -4.67. The molecule has 0 fully saturated rings.